The molecule has 0 bridgehead atoms. The van der Waals surface area contributed by atoms with Crippen molar-refractivity contribution in [3.63, 3.8) is 0 Å². The van der Waals surface area contributed by atoms with Gasteiger partial charge in [-0.1, -0.05) is 48.5 Å². The number of rotatable bonds is 6. The number of thiol groups is 1. The van der Waals surface area contributed by atoms with Gasteiger partial charge in [0.05, 0.1) is 32.1 Å². The lowest BCUT2D eigenvalue weighted by atomic mass is 9.92. The van der Waals surface area contributed by atoms with Crippen molar-refractivity contribution < 1.29 is 28.7 Å². The van der Waals surface area contributed by atoms with Gasteiger partial charge in [0.15, 0.2) is 0 Å². The largest absolute Gasteiger partial charge is 0.436 e. The molecule has 0 aliphatic carbocycles. The molecule has 3 heterocycles. The van der Waals surface area contributed by atoms with Gasteiger partial charge in [-0.05, 0) is 80.5 Å². The number of benzene rings is 4. The first-order valence-corrected chi connectivity index (χ1v) is 19.0. The van der Waals surface area contributed by atoms with Crippen molar-refractivity contribution in [2.24, 2.45) is 0 Å². The van der Waals surface area contributed by atoms with Gasteiger partial charge in [-0.3, -0.25) is 14.9 Å². The normalized spacial score (nSPS) is 15.8. The zero-order chi connectivity index (χ0) is 39.5. The summed E-state index contributed by atoms with van der Waals surface area (Å²) in [6, 6.07) is 24.3. The van der Waals surface area contributed by atoms with E-state index in [4.69, 9.17) is 21.2 Å². The summed E-state index contributed by atoms with van der Waals surface area (Å²) in [5, 5.41) is 3.26. The summed E-state index contributed by atoms with van der Waals surface area (Å²) < 4.78 is 17.1. The van der Waals surface area contributed by atoms with Gasteiger partial charge in [0.25, 0.3) is 11.8 Å². The van der Waals surface area contributed by atoms with Crippen LogP contribution >= 0.6 is 12.5 Å². The highest BCUT2D eigenvalue weighted by molar-refractivity contribution is 7.79. The molecule has 3 fully saturated rings. The third-order valence-electron chi connectivity index (χ3n) is 9.70. The highest BCUT2D eigenvalue weighted by atomic mass is 32.1. The van der Waals surface area contributed by atoms with E-state index >= 15 is 0 Å². The molecule has 3 aliphatic heterocycles. The van der Waals surface area contributed by atoms with Gasteiger partial charge in [0, 0.05) is 78.3 Å². The number of imide groups is 1. The van der Waals surface area contributed by atoms with E-state index in [9.17, 15) is 14.4 Å². The van der Waals surface area contributed by atoms with Crippen molar-refractivity contribution >= 4 is 53.2 Å². The molecule has 3 amide bonds. The minimum absolute atomic E-state index is 0.0495. The Labute approximate surface area is 324 Å². The first-order chi connectivity index (χ1) is 26.5. The second-order valence-corrected chi connectivity index (χ2v) is 13.3. The highest BCUT2D eigenvalue weighted by Crippen LogP contribution is 2.41. The third-order valence-corrected chi connectivity index (χ3v) is 9.70. The number of nitrogens with one attached hydrogen (secondary N) is 1. The Morgan fingerprint density at radius 3 is 1.57 bits per heavy atom. The quantitative estimate of drug-likeness (QED) is 0.105. The van der Waals surface area contributed by atoms with E-state index in [1.807, 2.05) is 50.2 Å². The number of ether oxygens (including phenoxy) is 2. The van der Waals surface area contributed by atoms with Crippen LogP contribution in [0.5, 0.6) is 0 Å². The number of hydrogen-bond donors (Lipinski definition) is 3. The van der Waals surface area contributed by atoms with Gasteiger partial charge < -0.3 is 29.8 Å². The minimum Gasteiger partial charge on any atom is -0.398 e. The summed E-state index contributed by atoms with van der Waals surface area (Å²) in [6.07, 6.45) is 0.930. The lowest BCUT2D eigenvalue weighted by Crippen LogP contribution is -2.36. The minimum atomic E-state index is -0.878. The number of carbonyl (C=O) groups excluding carboxylic acids is 3. The number of nitrogens with two attached hydrogens (primary N) is 1. The van der Waals surface area contributed by atoms with E-state index in [-0.39, 0.29) is 12.8 Å². The number of nitrogen functional groups attached to an aromatic ring is 1. The van der Waals surface area contributed by atoms with Crippen molar-refractivity contribution in [2.75, 3.05) is 79.7 Å². The van der Waals surface area contributed by atoms with E-state index in [1.165, 1.54) is 22.4 Å². The van der Waals surface area contributed by atoms with Gasteiger partial charge >= 0.3 is 6.09 Å². The van der Waals surface area contributed by atoms with Crippen LogP contribution in [0.3, 0.4) is 0 Å². The number of amides is 3. The molecule has 3 saturated heterocycles. The summed E-state index contributed by atoms with van der Waals surface area (Å²) >= 11 is 1.000. The molecule has 0 radical (unpaired) electrons. The SMILES string of the molecule is Cc1cccc(N)c1-c1c(C)cccc1N1CCOCC1.Cc1cccc(NC(=O)ON2C(=O)CCC2=O)c1-c1c(C)cccc1N1CCOCC1.[2H]SC. The topological polar surface area (TPSA) is 127 Å². The van der Waals surface area contributed by atoms with Crippen LogP contribution in [0, 0.1) is 27.7 Å². The van der Waals surface area contributed by atoms with Crippen molar-refractivity contribution in [2.45, 2.75) is 40.5 Å². The molecule has 0 saturated carbocycles. The molecular formula is C42H51N5O6S. The standard InChI is InChI=1S/C23H25N3O5.C18H22N2O.CH4S/c1-15-5-3-7-17(24-23(29)31-26-19(27)9-10-20(26)28)21(15)22-16(2)6-4-8-18(22)25-11-13-30-14-12-25;1-13-5-3-7-15(19)17(13)18-14(2)6-4-8-16(18)20-9-11-21-12-10-20;1-2/h3-8H,9-14H2,1-2H3,(H,24,29);3-8H,9-12,19H2,1-2H3;2H,1H3/i/hD. The Balaban J connectivity index is 0.000000210. The maximum atomic E-state index is 12.5. The fourth-order valence-electron chi connectivity index (χ4n) is 7.10. The molecule has 3 N–H and O–H groups in total. The molecule has 4 aromatic carbocycles. The summed E-state index contributed by atoms with van der Waals surface area (Å²) in [4.78, 5) is 45.7. The van der Waals surface area contributed by atoms with E-state index < -0.39 is 17.9 Å². The van der Waals surface area contributed by atoms with Crippen LogP contribution < -0.4 is 20.9 Å². The monoisotopic (exact) mass is 754 g/mol. The molecule has 11 nitrogen and oxygen atoms in total. The van der Waals surface area contributed by atoms with Gasteiger partial charge in [-0.2, -0.15) is 12.5 Å². The first-order valence-electron chi connectivity index (χ1n) is 18.6. The van der Waals surface area contributed by atoms with Crippen LogP contribution in [0.2, 0.25) is 0 Å². The number of aryl methyl sites for hydroxylation is 4. The Bertz CT molecular complexity index is 1950. The lowest BCUT2D eigenvalue weighted by molar-refractivity contribution is -0.170. The van der Waals surface area contributed by atoms with Gasteiger partial charge in [0.2, 0.25) is 0 Å². The van der Waals surface area contributed by atoms with E-state index in [1.54, 1.807) is 12.3 Å². The molecular weight excluding hydrogens is 703 g/mol. The number of anilines is 4. The first kappa shape index (κ1) is 38.7. The number of morpholine rings is 2. The van der Waals surface area contributed by atoms with Crippen LogP contribution in [0.1, 0.15) is 35.1 Å². The molecule has 0 aromatic heterocycles. The molecule has 7 rings (SSSR count). The Hall–Kier alpha value is -5.04. The summed E-state index contributed by atoms with van der Waals surface area (Å²) in [5.41, 5.74) is 18.9. The predicted molar refractivity (Wildman–Crippen MR) is 219 cm³/mol. The second kappa shape index (κ2) is 18.8. The van der Waals surface area contributed by atoms with Gasteiger partial charge in [-0.15, -0.1) is 5.06 Å². The molecule has 4 aromatic rings. The average molecular weight is 755 g/mol. The van der Waals surface area contributed by atoms with Gasteiger partial charge in [-0.25, -0.2) is 4.79 Å². The summed E-state index contributed by atoms with van der Waals surface area (Å²) in [5.74, 6) is -1.03. The Kier molecular flexibility index (Phi) is 13.5. The van der Waals surface area contributed by atoms with Gasteiger partial charge in [0.1, 0.15) is 1.12 Å². The summed E-state index contributed by atoms with van der Waals surface area (Å²) in [7, 11) is 0. The van der Waals surface area contributed by atoms with Crippen LogP contribution in [0.25, 0.3) is 22.3 Å². The maximum Gasteiger partial charge on any atom is 0.436 e. The second-order valence-electron chi connectivity index (χ2n) is 13.3. The Morgan fingerprint density at radius 2 is 1.09 bits per heavy atom. The number of nitrogens with zero attached hydrogens (tertiary/aromatic N) is 3. The molecule has 3 aliphatic rings. The summed E-state index contributed by atoms with van der Waals surface area (Å²) in [6.45, 7) is 14.6. The molecule has 286 valence electrons. The highest BCUT2D eigenvalue weighted by Gasteiger charge is 2.33. The number of hydrogen-bond acceptors (Lipinski definition) is 10. The maximum absolute atomic E-state index is 12.5. The van der Waals surface area contributed by atoms with Crippen molar-refractivity contribution in [1.82, 2.24) is 5.06 Å². The predicted octanol–water partition coefficient (Wildman–Crippen LogP) is 7.35. The Morgan fingerprint density at radius 1 is 0.685 bits per heavy atom. The molecule has 0 spiro atoms. The molecule has 12 heteroatoms. The van der Waals surface area contributed by atoms with Crippen LogP contribution in [0.15, 0.2) is 72.8 Å². The van der Waals surface area contributed by atoms with Crippen LogP contribution in [-0.2, 0) is 23.9 Å². The molecule has 54 heavy (non-hydrogen) atoms. The number of hydroxylamine groups is 2. The zero-order valence-electron chi connectivity index (χ0n) is 32.8. The van der Waals surface area contributed by atoms with Crippen molar-refractivity contribution in [1.29, 1.82) is 1.12 Å². The van der Waals surface area contributed by atoms with Crippen LogP contribution in [-0.4, -0.2) is 83.0 Å². The average Bonchev–Trinajstić information content (AvgIpc) is 3.49. The zero-order valence-corrected chi connectivity index (χ0v) is 32.6. The third kappa shape index (κ3) is 9.18. The van der Waals surface area contributed by atoms with E-state index in [2.05, 4.69) is 59.3 Å². The van der Waals surface area contributed by atoms with Crippen molar-refractivity contribution in [3.05, 3.63) is 95.1 Å². The molecule has 0 unspecified atom stereocenters. The van der Waals surface area contributed by atoms with E-state index in [0.717, 1.165) is 91.1 Å². The van der Waals surface area contributed by atoms with E-state index in [0.29, 0.717) is 24.0 Å². The smallest absolute Gasteiger partial charge is 0.398 e. The fraction of sp³-hybridized carbons (Fsp3) is 0.357. The lowest BCUT2D eigenvalue weighted by Gasteiger charge is -2.32. The number of carbonyl (C=O) groups is 3. The van der Waals surface area contributed by atoms with Crippen molar-refractivity contribution in [3.8, 4) is 22.3 Å². The molecule has 0 atom stereocenters. The van der Waals surface area contributed by atoms with Crippen LogP contribution in [0.4, 0.5) is 27.5 Å². The fourth-order valence-corrected chi connectivity index (χ4v) is 7.10.